The highest BCUT2D eigenvalue weighted by Crippen LogP contribution is 2.36. The van der Waals surface area contributed by atoms with Gasteiger partial charge < -0.3 is 9.63 Å². The fourth-order valence-electron chi connectivity index (χ4n) is 2.31. The molecular formula is C12H20N2O2. The van der Waals surface area contributed by atoms with E-state index in [1.54, 1.807) is 6.92 Å². The molecule has 4 nitrogen and oxygen atoms in total. The van der Waals surface area contributed by atoms with Crippen LogP contribution in [0.4, 0.5) is 0 Å². The molecule has 3 unspecified atom stereocenters. The second-order valence-electron chi connectivity index (χ2n) is 5.05. The number of hydrogen-bond acceptors (Lipinski definition) is 4. The maximum atomic E-state index is 9.18. The van der Waals surface area contributed by atoms with Crippen LogP contribution in [0.2, 0.25) is 0 Å². The molecule has 0 saturated heterocycles. The Labute approximate surface area is 96.1 Å². The van der Waals surface area contributed by atoms with Crippen LogP contribution in [0, 0.1) is 5.92 Å². The first-order chi connectivity index (χ1) is 7.65. The number of aryl methyl sites for hydroxylation is 1. The average Bonchev–Trinajstić information content (AvgIpc) is 2.83. The Balaban J connectivity index is 1.91. The lowest BCUT2D eigenvalue weighted by Gasteiger charge is -2.01. The molecular weight excluding hydrogens is 204 g/mol. The molecule has 2 rings (SSSR count). The van der Waals surface area contributed by atoms with Crippen LogP contribution in [0.3, 0.4) is 0 Å². The van der Waals surface area contributed by atoms with Gasteiger partial charge in [0, 0.05) is 12.3 Å². The fourth-order valence-corrected chi connectivity index (χ4v) is 2.31. The van der Waals surface area contributed by atoms with Crippen LogP contribution in [-0.2, 0) is 6.42 Å². The summed E-state index contributed by atoms with van der Waals surface area (Å²) in [6.07, 6.45) is 4.67. The summed E-state index contributed by atoms with van der Waals surface area (Å²) in [5.41, 5.74) is 0. The molecule has 90 valence electrons. The van der Waals surface area contributed by atoms with Gasteiger partial charge in [-0.15, -0.1) is 0 Å². The van der Waals surface area contributed by atoms with Crippen molar-refractivity contribution in [1.29, 1.82) is 0 Å². The zero-order valence-corrected chi connectivity index (χ0v) is 10.0. The van der Waals surface area contributed by atoms with E-state index in [2.05, 4.69) is 17.1 Å². The van der Waals surface area contributed by atoms with Crippen molar-refractivity contribution >= 4 is 0 Å². The summed E-state index contributed by atoms with van der Waals surface area (Å²) in [4.78, 5) is 4.41. The largest absolute Gasteiger partial charge is 0.393 e. The minimum atomic E-state index is -0.304. The van der Waals surface area contributed by atoms with Gasteiger partial charge in [0.05, 0.1) is 6.10 Å². The number of aliphatic hydroxyl groups excluding tert-OH is 1. The summed E-state index contributed by atoms with van der Waals surface area (Å²) in [5.74, 6) is 2.80. The summed E-state index contributed by atoms with van der Waals surface area (Å²) in [7, 11) is 0. The quantitative estimate of drug-likeness (QED) is 0.852. The fraction of sp³-hybridized carbons (Fsp3) is 0.833. The molecule has 1 fully saturated rings. The van der Waals surface area contributed by atoms with Crippen LogP contribution in [0.15, 0.2) is 4.52 Å². The monoisotopic (exact) mass is 224 g/mol. The van der Waals surface area contributed by atoms with E-state index in [0.29, 0.717) is 24.7 Å². The van der Waals surface area contributed by atoms with Crippen molar-refractivity contribution in [3.05, 3.63) is 11.7 Å². The summed E-state index contributed by atoms with van der Waals surface area (Å²) >= 11 is 0. The Hall–Kier alpha value is -0.900. The number of aliphatic hydroxyl groups is 1. The third-order valence-electron chi connectivity index (χ3n) is 3.32. The van der Waals surface area contributed by atoms with Crippen molar-refractivity contribution in [3.63, 3.8) is 0 Å². The summed E-state index contributed by atoms with van der Waals surface area (Å²) in [6.45, 7) is 4.05. The third kappa shape index (κ3) is 2.82. The van der Waals surface area contributed by atoms with Gasteiger partial charge in [-0.2, -0.15) is 4.98 Å². The number of nitrogens with zero attached hydrogens (tertiary/aromatic N) is 2. The van der Waals surface area contributed by atoms with Gasteiger partial charge in [-0.05, 0) is 38.5 Å². The summed E-state index contributed by atoms with van der Waals surface area (Å²) in [5, 5.41) is 13.2. The molecule has 0 spiro atoms. The number of aromatic nitrogens is 2. The molecule has 0 aliphatic heterocycles. The van der Waals surface area contributed by atoms with E-state index < -0.39 is 0 Å². The highest BCUT2D eigenvalue weighted by atomic mass is 16.5. The van der Waals surface area contributed by atoms with Gasteiger partial charge >= 0.3 is 0 Å². The smallest absolute Gasteiger partial charge is 0.226 e. The van der Waals surface area contributed by atoms with Crippen molar-refractivity contribution in [2.24, 2.45) is 5.92 Å². The summed E-state index contributed by atoms with van der Waals surface area (Å²) in [6, 6.07) is 0. The molecule has 1 aromatic rings. The van der Waals surface area contributed by atoms with E-state index in [9.17, 15) is 5.11 Å². The second kappa shape index (κ2) is 4.95. The van der Waals surface area contributed by atoms with Crippen molar-refractivity contribution in [2.45, 2.75) is 58.0 Å². The van der Waals surface area contributed by atoms with E-state index in [1.165, 1.54) is 19.3 Å². The van der Waals surface area contributed by atoms with Gasteiger partial charge in [-0.25, -0.2) is 0 Å². The van der Waals surface area contributed by atoms with Crippen LogP contribution >= 0.6 is 0 Å². The van der Waals surface area contributed by atoms with E-state index in [0.717, 1.165) is 11.7 Å². The maximum absolute atomic E-state index is 9.18. The molecule has 4 heteroatoms. The molecule has 1 saturated carbocycles. The maximum Gasteiger partial charge on any atom is 0.226 e. The van der Waals surface area contributed by atoms with E-state index in [1.807, 2.05) is 0 Å². The molecule has 3 atom stereocenters. The molecule has 1 aromatic heterocycles. The first-order valence-corrected chi connectivity index (χ1v) is 6.15. The standard InChI is InChI=1S/C12H20N2O2/c1-8-3-5-10(7-8)12-13-11(16-14-12)6-4-9(2)15/h8-10,15H,3-7H2,1-2H3. The summed E-state index contributed by atoms with van der Waals surface area (Å²) < 4.78 is 5.19. The second-order valence-corrected chi connectivity index (χ2v) is 5.05. The van der Waals surface area contributed by atoms with Crippen LogP contribution in [-0.4, -0.2) is 21.4 Å². The van der Waals surface area contributed by atoms with Gasteiger partial charge in [-0.1, -0.05) is 12.1 Å². The minimum Gasteiger partial charge on any atom is -0.393 e. The Morgan fingerprint density at radius 1 is 1.50 bits per heavy atom. The predicted molar refractivity (Wildman–Crippen MR) is 60.1 cm³/mol. The molecule has 0 amide bonds. The van der Waals surface area contributed by atoms with Crippen molar-refractivity contribution in [2.75, 3.05) is 0 Å². The average molecular weight is 224 g/mol. The van der Waals surface area contributed by atoms with Crippen LogP contribution < -0.4 is 0 Å². The van der Waals surface area contributed by atoms with E-state index in [-0.39, 0.29) is 6.10 Å². The first kappa shape index (κ1) is 11.6. The Morgan fingerprint density at radius 3 is 2.94 bits per heavy atom. The Bertz CT molecular complexity index is 336. The molecule has 1 heterocycles. The molecule has 1 N–H and O–H groups in total. The van der Waals surface area contributed by atoms with Gasteiger partial charge in [0.15, 0.2) is 5.82 Å². The lowest BCUT2D eigenvalue weighted by atomic mass is 10.1. The number of rotatable bonds is 4. The van der Waals surface area contributed by atoms with E-state index in [4.69, 9.17) is 4.52 Å². The molecule has 0 radical (unpaired) electrons. The lowest BCUT2D eigenvalue weighted by Crippen LogP contribution is -2.02. The first-order valence-electron chi connectivity index (χ1n) is 6.15. The van der Waals surface area contributed by atoms with Gasteiger partial charge in [0.2, 0.25) is 5.89 Å². The predicted octanol–water partition coefficient (Wildman–Crippen LogP) is 2.29. The molecule has 16 heavy (non-hydrogen) atoms. The highest BCUT2D eigenvalue weighted by molar-refractivity contribution is 4.99. The molecule has 0 bridgehead atoms. The normalized spacial score (nSPS) is 27.2. The Kier molecular flexibility index (Phi) is 3.59. The topological polar surface area (TPSA) is 59.2 Å². The van der Waals surface area contributed by atoms with Crippen LogP contribution in [0.25, 0.3) is 0 Å². The lowest BCUT2D eigenvalue weighted by molar-refractivity contribution is 0.180. The SMILES string of the molecule is CC(O)CCc1nc(C2CCC(C)C2)no1. The van der Waals surface area contributed by atoms with Crippen molar-refractivity contribution < 1.29 is 9.63 Å². The zero-order valence-electron chi connectivity index (χ0n) is 10.0. The Morgan fingerprint density at radius 2 is 2.31 bits per heavy atom. The van der Waals surface area contributed by atoms with Crippen molar-refractivity contribution in [1.82, 2.24) is 10.1 Å². The third-order valence-corrected chi connectivity index (χ3v) is 3.32. The van der Waals surface area contributed by atoms with Crippen LogP contribution in [0.5, 0.6) is 0 Å². The highest BCUT2D eigenvalue weighted by Gasteiger charge is 2.26. The van der Waals surface area contributed by atoms with Crippen LogP contribution in [0.1, 0.15) is 57.2 Å². The van der Waals surface area contributed by atoms with Gasteiger partial charge in [0.25, 0.3) is 0 Å². The molecule has 1 aliphatic carbocycles. The van der Waals surface area contributed by atoms with Crippen molar-refractivity contribution in [3.8, 4) is 0 Å². The minimum absolute atomic E-state index is 0.304. The number of hydrogen-bond donors (Lipinski definition) is 1. The van der Waals surface area contributed by atoms with E-state index >= 15 is 0 Å². The van der Waals surface area contributed by atoms with Gasteiger partial charge in [0.1, 0.15) is 0 Å². The zero-order chi connectivity index (χ0) is 11.5. The molecule has 0 aromatic carbocycles. The molecule has 1 aliphatic rings. The van der Waals surface area contributed by atoms with Gasteiger partial charge in [-0.3, -0.25) is 0 Å².